The van der Waals surface area contributed by atoms with Gasteiger partial charge in [-0.1, -0.05) is 103 Å². The van der Waals surface area contributed by atoms with E-state index >= 15 is 0 Å². The van der Waals surface area contributed by atoms with E-state index in [0.29, 0.717) is 0 Å². The first-order valence-corrected chi connectivity index (χ1v) is 16.3. The summed E-state index contributed by atoms with van der Waals surface area (Å²) >= 11 is 1.79. The van der Waals surface area contributed by atoms with Crippen molar-refractivity contribution in [1.29, 1.82) is 0 Å². The van der Waals surface area contributed by atoms with Gasteiger partial charge in [-0.25, -0.2) is 0 Å². The Labute approximate surface area is 271 Å². The van der Waals surface area contributed by atoms with Crippen LogP contribution in [0, 0.1) is 0 Å². The number of aromatic nitrogens is 1. The average molecular weight is 605 g/mol. The van der Waals surface area contributed by atoms with Crippen molar-refractivity contribution in [2.75, 3.05) is 4.90 Å². The van der Waals surface area contributed by atoms with Crippen molar-refractivity contribution in [3.8, 4) is 22.3 Å². The molecule has 0 bridgehead atoms. The van der Waals surface area contributed by atoms with Gasteiger partial charge in [0.1, 0.15) is 0 Å². The zero-order chi connectivity index (χ0) is 30.5. The number of anilines is 3. The Bertz CT molecular complexity index is 2510. The second-order valence-corrected chi connectivity index (χ2v) is 12.8. The summed E-state index contributed by atoms with van der Waals surface area (Å²) in [5, 5.41) is 7.60. The van der Waals surface area contributed by atoms with Gasteiger partial charge in [0.05, 0.1) is 4.70 Å². The fraction of sp³-hybridized carbons (Fsp3) is 0. The molecule has 0 saturated heterocycles. The SMILES string of the molecule is c1ccc(-c2ccc(N(c3ccc(-c4ccc5ccc6ccccc6c5c4)cc3)c3ccc4sc5cnccc5c4c3)cc2)cc1. The Morgan fingerprint density at radius 1 is 0.391 bits per heavy atom. The molecule has 2 nitrogen and oxygen atoms in total. The van der Waals surface area contributed by atoms with E-state index in [-0.39, 0.29) is 0 Å². The van der Waals surface area contributed by atoms with Gasteiger partial charge in [0.2, 0.25) is 0 Å². The molecule has 46 heavy (non-hydrogen) atoms. The van der Waals surface area contributed by atoms with E-state index in [4.69, 9.17) is 0 Å². The lowest BCUT2D eigenvalue weighted by Crippen LogP contribution is -2.09. The molecule has 2 aromatic heterocycles. The lowest BCUT2D eigenvalue weighted by Gasteiger charge is -2.26. The van der Waals surface area contributed by atoms with E-state index in [1.165, 1.54) is 64.0 Å². The third-order valence-electron chi connectivity index (χ3n) is 8.95. The molecule has 0 amide bonds. The second kappa shape index (κ2) is 11.0. The summed E-state index contributed by atoms with van der Waals surface area (Å²) in [6, 6.07) is 57.2. The lowest BCUT2D eigenvalue weighted by molar-refractivity contribution is 1.29. The van der Waals surface area contributed by atoms with Gasteiger partial charge >= 0.3 is 0 Å². The summed E-state index contributed by atoms with van der Waals surface area (Å²) < 4.78 is 2.48. The van der Waals surface area contributed by atoms with E-state index < -0.39 is 0 Å². The van der Waals surface area contributed by atoms with Crippen LogP contribution in [0.3, 0.4) is 0 Å². The zero-order valence-electron chi connectivity index (χ0n) is 25.0. The summed E-state index contributed by atoms with van der Waals surface area (Å²) in [5.41, 5.74) is 8.19. The number of rotatable bonds is 5. The van der Waals surface area contributed by atoms with Gasteiger partial charge in [-0.3, -0.25) is 4.98 Å². The molecule has 0 aliphatic rings. The predicted octanol–water partition coefficient (Wildman–Crippen LogP) is 12.6. The molecule has 0 N–H and O–H groups in total. The van der Waals surface area contributed by atoms with Crippen molar-refractivity contribution in [3.63, 3.8) is 0 Å². The highest BCUT2D eigenvalue weighted by molar-refractivity contribution is 7.25. The summed E-state index contributed by atoms with van der Waals surface area (Å²) in [4.78, 5) is 6.72. The maximum Gasteiger partial charge on any atom is 0.0538 e. The number of pyridine rings is 1. The molecule has 0 spiro atoms. The smallest absolute Gasteiger partial charge is 0.0538 e. The first kappa shape index (κ1) is 26.6. The topological polar surface area (TPSA) is 16.1 Å². The molecule has 3 heteroatoms. The van der Waals surface area contributed by atoms with Crippen molar-refractivity contribution >= 4 is 70.1 Å². The highest BCUT2D eigenvalue weighted by Crippen LogP contribution is 2.41. The molecule has 9 rings (SSSR count). The van der Waals surface area contributed by atoms with Crippen LogP contribution in [-0.2, 0) is 0 Å². The van der Waals surface area contributed by atoms with Crippen LogP contribution in [0.4, 0.5) is 17.1 Å². The first-order valence-electron chi connectivity index (χ1n) is 15.5. The molecule has 0 radical (unpaired) electrons. The standard InChI is InChI=1S/C43H28N2S/c1-2-6-29(7-3-1)30-14-18-35(19-15-30)45(37-22-23-42-41(27-37)39-24-25-44-28-43(39)46-42)36-20-16-31(17-21-36)34-13-12-33-11-10-32-8-4-5-9-38(32)40(33)26-34/h1-28H. The molecule has 0 unspecified atom stereocenters. The molecule has 0 fully saturated rings. The fourth-order valence-electron chi connectivity index (χ4n) is 6.62. The fourth-order valence-corrected chi connectivity index (χ4v) is 7.68. The quantitative estimate of drug-likeness (QED) is 0.182. The monoisotopic (exact) mass is 604 g/mol. The Balaban J connectivity index is 1.15. The minimum atomic E-state index is 1.11. The van der Waals surface area contributed by atoms with Gasteiger partial charge < -0.3 is 4.90 Å². The third kappa shape index (κ3) is 4.61. The van der Waals surface area contributed by atoms with Gasteiger partial charge in [0, 0.05) is 44.9 Å². The van der Waals surface area contributed by atoms with Crippen LogP contribution in [0.5, 0.6) is 0 Å². The molecule has 0 atom stereocenters. The molecule has 9 aromatic rings. The van der Waals surface area contributed by atoms with E-state index in [1.807, 2.05) is 12.4 Å². The maximum atomic E-state index is 4.36. The number of nitrogens with zero attached hydrogens (tertiary/aromatic N) is 2. The largest absolute Gasteiger partial charge is 0.310 e. The van der Waals surface area contributed by atoms with Gasteiger partial charge in [-0.15, -0.1) is 11.3 Å². The van der Waals surface area contributed by atoms with Crippen molar-refractivity contribution in [3.05, 3.63) is 170 Å². The molecule has 0 aliphatic heterocycles. The maximum absolute atomic E-state index is 4.36. The third-order valence-corrected chi connectivity index (χ3v) is 10.1. The summed E-state index contributed by atoms with van der Waals surface area (Å²) in [6.45, 7) is 0. The summed E-state index contributed by atoms with van der Waals surface area (Å²) in [5.74, 6) is 0. The molecule has 7 aromatic carbocycles. The zero-order valence-corrected chi connectivity index (χ0v) is 25.8. The predicted molar refractivity (Wildman–Crippen MR) is 198 cm³/mol. The van der Waals surface area contributed by atoms with Gasteiger partial charge in [-0.05, 0) is 98.4 Å². The highest BCUT2D eigenvalue weighted by Gasteiger charge is 2.16. The minimum Gasteiger partial charge on any atom is -0.310 e. The summed E-state index contributed by atoms with van der Waals surface area (Å²) in [6.07, 6.45) is 3.85. The van der Waals surface area contributed by atoms with E-state index in [9.17, 15) is 0 Å². The normalized spacial score (nSPS) is 11.5. The molecule has 2 heterocycles. The Kier molecular flexibility index (Phi) is 6.36. The van der Waals surface area contributed by atoms with Gasteiger partial charge in [-0.2, -0.15) is 0 Å². The number of fused-ring (bicyclic) bond motifs is 6. The molecular weight excluding hydrogens is 577 g/mol. The van der Waals surface area contributed by atoms with Crippen molar-refractivity contribution in [1.82, 2.24) is 4.98 Å². The van der Waals surface area contributed by atoms with Crippen LogP contribution < -0.4 is 4.90 Å². The Morgan fingerprint density at radius 2 is 1.00 bits per heavy atom. The van der Waals surface area contributed by atoms with E-state index in [1.54, 1.807) is 11.3 Å². The highest BCUT2D eigenvalue weighted by atomic mass is 32.1. The molecule has 0 aliphatic carbocycles. The molecule has 0 saturated carbocycles. The number of hydrogen-bond donors (Lipinski definition) is 0. The first-order chi connectivity index (χ1) is 22.8. The molecular formula is C43H28N2S. The van der Waals surface area contributed by atoms with Crippen LogP contribution >= 0.6 is 11.3 Å². The van der Waals surface area contributed by atoms with Gasteiger partial charge in [0.15, 0.2) is 0 Å². The van der Waals surface area contributed by atoms with Crippen LogP contribution in [0.15, 0.2) is 170 Å². The number of benzene rings is 7. The number of thiophene rings is 1. The van der Waals surface area contributed by atoms with Gasteiger partial charge in [0.25, 0.3) is 0 Å². The van der Waals surface area contributed by atoms with Crippen molar-refractivity contribution < 1.29 is 0 Å². The minimum absolute atomic E-state index is 1.11. The van der Waals surface area contributed by atoms with E-state index in [2.05, 4.69) is 168 Å². The van der Waals surface area contributed by atoms with E-state index in [0.717, 1.165) is 17.1 Å². The van der Waals surface area contributed by atoms with Crippen molar-refractivity contribution in [2.45, 2.75) is 0 Å². The second-order valence-electron chi connectivity index (χ2n) is 11.7. The Morgan fingerprint density at radius 3 is 1.78 bits per heavy atom. The average Bonchev–Trinajstić information content (AvgIpc) is 3.51. The summed E-state index contributed by atoms with van der Waals surface area (Å²) in [7, 11) is 0. The van der Waals surface area contributed by atoms with Crippen LogP contribution in [0.2, 0.25) is 0 Å². The van der Waals surface area contributed by atoms with Crippen LogP contribution in [-0.4, -0.2) is 4.98 Å². The lowest BCUT2D eigenvalue weighted by atomic mass is 9.97. The van der Waals surface area contributed by atoms with Crippen LogP contribution in [0.1, 0.15) is 0 Å². The van der Waals surface area contributed by atoms with Crippen molar-refractivity contribution in [2.24, 2.45) is 0 Å². The van der Waals surface area contributed by atoms with Crippen LogP contribution in [0.25, 0.3) is 64.0 Å². The Hall–Kier alpha value is -5.77. The molecule has 216 valence electrons. The number of hydrogen-bond acceptors (Lipinski definition) is 3.